The normalized spacial score (nSPS) is 17.7. The molecule has 2 rings (SSSR count). The zero-order valence-electron chi connectivity index (χ0n) is 13.4. The third kappa shape index (κ3) is 3.19. The van der Waals surface area contributed by atoms with E-state index in [9.17, 15) is 9.59 Å². The molecule has 1 aliphatic heterocycles. The number of rotatable bonds is 3. The van der Waals surface area contributed by atoms with Crippen LogP contribution in [0.2, 0.25) is 0 Å². The molecular formula is C16H18N2O4S. The molecule has 1 heterocycles. The van der Waals surface area contributed by atoms with E-state index in [1.807, 2.05) is 6.92 Å². The standard InChI is InChI=1S/C16H18N2O4S/c1-9-12(15(20)22-4)13(17-16(23)18(9)2)10-5-7-11(8-6-10)14(19)21-3/h5-8,13H,1-4H3,(H,17,23)/t13-/m1/s1. The third-order valence-electron chi connectivity index (χ3n) is 3.82. The SMILES string of the molecule is COC(=O)C1=C(C)N(C)C(=S)N[C@@H]1c1ccc(C(=O)OC)cc1. The Labute approximate surface area is 140 Å². The summed E-state index contributed by atoms with van der Waals surface area (Å²) in [6, 6.07) is 6.38. The van der Waals surface area contributed by atoms with Crippen molar-refractivity contribution >= 4 is 29.3 Å². The minimum Gasteiger partial charge on any atom is -0.466 e. The number of benzene rings is 1. The van der Waals surface area contributed by atoms with Gasteiger partial charge in [-0.05, 0) is 36.8 Å². The molecule has 0 saturated carbocycles. The van der Waals surface area contributed by atoms with Crippen LogP contribution in [0.5, 0.6) is 0 Å². The van der Waals surface area contributed by atoms with Gasteiger partial charge in [-0.1, -0.05) is 12.1 Å². The van der Waals surface area contributed by atoms with E-state index in [0.717, 1.165) is 11.3 Å². The fraction of sp³-hybridized carbons (Fsp3) is 0.312. The molecule has 1 aromatic rings. The van der Waals surface area contributed by atoms with E-state index in [0.29, 0.717) is 16.2 Å². The number of esters is 2. The summed E-state index contributed by atoms with van der Waals surface area (Å²) in [6.07, 6.45) is 0. The molecule has 0 saturated heterocycles. The average molecular weight is 334 g/mol. The number of hydrogen-bond acceptors (Lipinski definition) is 5. The summed E-state index contributed by atoms with van der Waals surface area (Å²) in [4.78, 5) is 25.4. The van der Waals surface area contributed by atoms with Gasteiger partial charge in [0.2, 0.25) is 0 Å². The Morgan fingerprint density at radius 2 is 1.70 bits per heavy atom. The van der Waals surface area contributed by atoms with Gasteiger partial charge in [0.25, 0.3) is 0 Å². The van der Waals surface area contributed by atoms with Crippen LogP contribution < -0.4 is 5.32 Å². The van der Waals surface area contributed by atoms with E-state index in [1.54, 1.807) is 36.2 Å². The molecule has 122 valence electrons. The van der Waals surface area contributed by atoms with Gasteiger partial charge >= 0.3 is 11.9 Å². The van der Waals surface area contributed by atoms with Crippen LogP contribution in [0, 0.1) is 0 Å². The summed E-state index contributed by atoms with van der Waals surface area (Å²) in [5, 5.41) is 3.63. The number of nitrogens with zero attached hydrogens (tertiary/aromatic N) is 1. The molecule has 0 spiro atoms. The highest BCUT2D eigenvalue weighted by Gasteiger charge is 2.33. The molecule has 1 N–H and O–H groups in total. The Balaban J connectivity index is 2.45. The first-order valence-electron chi connectivity index (χ1n) is 6.92. The lowest BCUT2D eigenvalue weighted by Crippen LogP contribution is -2.46. The van der Waals surface area contributed by atoms with Crippen molar-refractivity contribution in [2.75, 3.05) is 21.3 Å². The number of hydrogen-bond donors (Lipinski definition) is 1. The van der Waals surface area contributed by atoms with E-state index in [4.69, 9.17) is 17.0 Å². The van der Waals surface area contributed by atoms with E-state index in [2.05, 4.69) is 10.1 Å². The highest BCUT2D eigenvalue weighted by molar-refractivity contribution is 7.80. The second-order valence-electron chi connectivity index (χ2n) is 5.05. The first-order valence-corrected chi connectivity index (χ1v) is 7.33. The minimum atomic E-state index is -0.433. The van der Waals surface area contributed by atoms with Gasteiger partial charge in [0.05, 0.1) is 31.4 Å². The van der Waals surface area contributed by atoms with Crippen molar-refractivity contribution in [1.29, 1.82) is 0 Å². The second kappa shape index (κ2) is 6.78. The van der Waals surface area contributed by atoms with Crippen molar-refractivity contribution in [3.05, 3.63) is 46.7 Å². The number of thiocarbonyl (C=S) groups is 1. The Kier molecular flexibility index (Phi) is 5.00. The summed E-state index contributed by atoms with van der Waals surface area (Å²) >= 11 is 5.30. The molecule has 1 aliphatic rings. The fourth-order valence-corrected chi connectivity index (χ4v) is 2.64. The van der Waals surface area contributed by atoms with Gasteiger partial charge < -0.3 is 19.7 Å². The summed E-state index contributed by atoms with van der Waals surface area (Å²) in [7, 11) is 4.45. The summed E-state index contributed by atoms with van der Waals surface area (Å²) in [6.45, 7) is 1.81. The first kappa shape index (κ1) is 17.0. The Morgan fingerprint density at radius 1 is 1.13 bits per heavy atom. The van der Waals surface area contributed by atoms with Crippen LogP contribution >= 0.6 is 12.2 Å². The van der Waals surface area contributed by atoms with Crippen LogP contribution in [0.15, 0.2) is 35.5 Å². The average Bonchev–Trinajstić information content (AvgIpc) is 2.58. The van der Waals surface area contributed by atoms with Crippen molar-refractivity contribution in [3.8, 4) is 0 Å². The zero-order valence-corrected chi connectivity index (χ0v) is 14.2. The van der Waals surface area contributed by atoms with Gasteiger partial charge in [0.15, 0.2) is 5.11 Å². The lowest BCUT2D eigenvalue weighted by molar-refractivity contribution is -0.136. The van der Waals surface area contributed by atoms with Crippen molar-refractivity contribution in [1.82, 2.24) is 10.2 Å². The molecule has 0 aromatic heterocycles. The quantitative estimate of drug-likeness (QED) is 0.667. The van der Waals surface area contributed by atoms with Crippen LogP contribution in [0.3, 0.4) is 0 Å². The Bertz CT molecular complexity index is 682. The van der Waals surface area contributed by atoms with Crippen LogP contribution in [0.1, 0.15) is 28.9 Å². The van der Waals surface area contributed by atoms with Crippen LogP contribution in [-0.2, 0) is 14.3 Å². The summed E-state index contributed by atoms with van der Waals surface area (Å²) in [5.41, 5.74) is 2.44. The molecule has 6 nitrogen and oxygen atoms in total. The van der Waals surface area contributed by atoms with Crippen molar-refractivity contribution in [3.63, 3.8) is 0 Å². The highest BCUT2D eigenvalue weighted by Crippen LogP contribution is 2.30. The minimum absolute atomic E-state index is 0.414. The van der Waals surface area contributed by atoms with Gasteiger partial charge in [-0.3, -0.25) is 0 Å². The molecule has 0 aliphatic carbocycles. The van der Waals surface area contributed by atoms with E-state index < -0.39 is 18.0 Å². The number of allylic oxidation sites excluding steroid dienone is 1. The molecule has 0 radical (unpaired) electrons. The molecule has 0 amide bonds. The zero-order chi connectivity index (χ0) is 17.1. The molecule has 23 heavy (non-hydrogen) atoms. The number of carbonyl (C=O) groups excluding carboxylic acids is 2. The number of methoxy groups -OCH3 is 2. The van der Waals surface area contributed by atoms with E-state index in [1.165, 1.54) is 14.2 Å². The lowest BCUT2D eigenvalue weighted by Gasteiger charge is -2.35. The molecule has 1 atom stereocenters. The number of carbonyl (C=O) groups is 2. The first-order chi connectivity index (χ1) is 10.9. The molecule has 0 bridgehead atoms. The maximum atomic E-state index is 12.2. The smallest absolute Gasteiger partial charge is 0.337 e. The fourth-order valence-electron chi connectivity index (χ4n) is 2.39. The van der Waals surface area contributed by atoms with E-state index in [-0.39, 0.29) is 0 Å². The van der Waals surface area contributed by atoms with Gasteiger partial charge in [0.1, 0.15) is 0 Å². The highest BCUT2D eigenvalue weighted by atomic mass is 32.1. The monoisotopic (exact) mass is 334 g/mol. The topological polar surface area (TPSA) is 67.9 Å². The number of ether oxygens (including phenoxy) is 2. The van der Waals surface area contributed by atoms with Gasteiger partial charge in [-0.25, -0.2) is 9.59 Å². The molecule has 0 unspecified atom stereocenters. The Morgan fingerprint density at radius 3 is 2.22 bits per heavy atom. The van der Waals surface area contributed by atoms with Crippen molar-refractivity contribution in [2.24, 2.45) is 0 Å². The van der Waals surface area contributed by atoms with Crippen LogP contribution in [-0.4, -0.2) is 43.2 Å². The number of nitrogens with one attached hydrogen (secondary N) is 1. The van der Waals surface area contributed by atoms with Crippen molar-refractivity contribution < 1.29 is 19.1 Å². The lowest BCUT2D eigenvalue weighted by atomic mass is 9.94. The molecule has 1 aromatic carbocycles. The maximum Gasteiger partial charge on any atom is 0.337 e. The molecular weight excluding hydrogens is 316 g/mol. The predicted molar refractivity (Wildman–Crippen MR) is 88.7 cm³/mol. The maximum absolute atomic E-state index is 12.2. The van der Waals surface area contributed by atoms with E-state index >= 15 is 0 Å². The van der Waals surface area contributed by atoms with Gasteiger partial charge in [-0.15, -0.1) is 0 Å². The van der Waals surface area contributed by atoms with Crippen LogP contribution in [0.4, 0.5) is 0 Å². The Hall–Kier alpha value is -2.41. The summed E-state index contributed by atoms with van der Waals surface area (Å²) < 4.78 is 9.57. The third-order valence-corrected chi connectivity index (χ3v) is 4.22. The van der Waals surface area contributed by atoms with Gasteiger partial charge in [0, 0.05) is 12.7 Å². The summed E-state index contributed by atoms with van der Waals surface area (Å²) in [5.74, 6) is -0.838. The van der Waals surface area contributed by atoms with Gasteiger partial charge in [-0.2, -0.15) is 0 Å². The molecule has 0 fully saturated rings. The largest absolute Gasteiger partial charge is 0.466 e. The van der Waals surface area contributed by atoms with Crippen LogP contribution in [0.25, 0.3) is 0 Å². The molecule has 7 heteroatoms. The van der Waals surface area contributed by atoms with Crippen molar-refractivity contribution in [2.45, 2.75) is 13.0 Å². The second-order valence-corrected chi connectivity index (χ2v) is 5.43. The predicted octanol–water partition coefficient (Wildman–Crippen LogP) is 1.78.